The van der Waals surface area contributed by atoms with Gasteiger partial charge in [0.2, 0.25) is 5.91 Å². The zero-order valence-electron chi connectivity index (χ0n) is 12.7. The number of hydrogen-bond donors (Lipinski definition) is 3. The third-order valence-corrected chi connectivity index (χ3v) is 2.48. The molecule has 7 nitrogen and oxygen atoms in total. The molecule has 0 rings (SSSR count). The monoisotopic (exact) mass is 288 g/mol. The van der Waals surface area contributed by atoms with Crippen LogP contribution in [0.15, 0.2) is 0 Å². The van der Waals surface area contributed by atoms with Crippen molar-refractivity contribution in [2.24, 2.45) is 5.41 Å². The molecule has 0 aromatic heterocycles. The number of hydrogen-bond acceptors (Lipinski definition) is 4. The SMILES string of the molecule is COCC(C)(C)NC(=O)NC(=O)CC(C)(C)CC(=O)O. The first-order valence-corrected chi connectivity index (χ1v) is 6.30. The minimum Gasteiger partial charge on any atom is -0.481 e. The summed E-state index contributed by atoms with van der Waals surface area (Å²) in [6.45, 7) is 7.14. The maximum Gasteiger partial charge on any atom is 0.321 e. The van der Waals surface area contributed by atoms with Crippen LogP contribution in [0.25, 0.3) is 0 Å². The average Bonchev–Trinajstić information content (AvgIpc) is 2.10. The molecule has 0 aliphatic rings. The largest absolute Gasteiger partial charge is 0.481 e. The number of carboxylic acid groups (broad SMARTS) is 1. The first-order chi connectivity index (χ1) is 8.97. The molecule has 116 valence electrons. The molecule has 0 fully saturated rings. The van der Waals surface area contributed by atoms with Crippen molar-refractivity contribution in [3.8, 4) is 0 Å². The van der Waals surface area contributed by atoms with Crippen LogP contribution in [0.1, 0.15) is 40.5 Å². The summed E-state index contributed by atoms with van der Waals surface area (Å²) >= 11 is 0. The maximum absolute atomic E-state index is 11.7. The lowest BCUT2D eigenvalue weighted by Crippen LogP contribution is -2.52. The molecule has 3 N–H and O–H groups in total. The number of urea groups is 1. The molecule has 0 radical (unpaired) electrons. The lowest BCUT2D eigenvalue weighted by molar-refractivity contribution is -0.139. The molecular weight excluding hydrogens is 264 g/mol. The maximum atomic E-state index is 11.7. The highest BCUT2D eigenvalue weighted by molar-refractivity contribution is 5.94. The Morgan fingerprint density at radius 3 is 2.10 bits per heavy atom. The lowest BCUT2D eigenvalue weighted by atomic mass is 9.85. The van der Waals surface area contributed by atoms with Gasteiger partial charge in [0.15, 0.2) is 0 Å². The zero-order chi connectivity index (χ0) is 16.0. The van der Waals surface area contributed by atoms with E-state index in [1.54, 1.807) is 27.7 Å². The van der Waals surface area contributed by atoms with Crippen molar-refractivity contribution in [3.05, 3.63) is 0 Å². The highest BCUT2D eigenvalue weighted by Crippen LogP contribution is 2.24. The molecule has 0 aromatic carbocycles. The van der Waals surface area contributed by atoms with Crippen LogP contribution < -0.4 is 10.6 Å². The third-order valence-electron chi connectivity index (χ3n) is 2.48. The Morgan fingerprint density at radius 2 is 1.65 bits per heavy atom. The average molecular weight is 288 g/mol. The van der Waals surface area contributed by atoms with Gasteiger partial charge in [-0.3, -0.25) is 14.9 Å². The molecule has 0 aliphatic heterocycles. The fourth-order valence-electron chi connectivity index (χ4n) is 1.81. The zero-order valence-corrected chi connectivity index (χ0v) is 12.7. The van der Waals surface area contributed by atoms with Gasteiger partial charge in [0.25, 0.3) is 0 Å². The Balaban J connectivity index is 4.34. The number of imide groups is 1. The summed E-state index contributed by atoms with van der Waals surface area (Å²) in [6, 6.07) is -0.622. The quantitative estimate of drug-likeness (QED) is 0.651. The van der Waals surface area contributed by atoms with Gasteiger partial charge in [-0.15, -0.1) is 0 Å². The van der Waals surface area contributed by atoms with Gasteiger partial charge in [-0.05, 0) is 19.3 Å². The normalized spacial score (nSPS) is 11.8. The Kier molecular flexibility index (Phi) is 6.64. The Morgan fingerprint density at radius 1 is 1.10 bits per heavy atom. The number of rotatable bonds is 7. The summed E-state index contributed by atoms with van der Waals surface area (Å²) < 4.78 is 4.94. The molecule has 0 heterocycles. The number of nitrogens with one attached hydrogen (secondary N) is 2. The van der Waals surface area contributed by atoms with E-state index in [0.717, 1.165) is 0 Å². The number of carboxylic acids is 1. The first-order valence-electron chi connectivity index (χ1n) is 6.30. The van der Waals surface area contributed by atoms with Crippen LogP contribution in [0.4, 0.5) is 4.79 Å². The van der Waals surface area contributed by atoms with E-state index in [1.165, 1.54) is 7.11 Å². The van der Waals surface area contributed by atoms with Crippen LogP contribution in [-0.4, -0.2) is 42.3 Å². The molecule has 0 saturated carbocycles. The van der Waals surface area contributed by atoms with Crippen LogP contribution in [-0.2, 0) is 14.3 Å². The van der Waals surface area contributed by atoms with Crippen molar-refractivity contribution < 1.29 is 24.2 Å². The highest BCUT2D eigenvalue weighted by Gasteiger charge is 2.27. The minimum atomic E-state index is -0.978. The molecule has 7 heteroatoms. The number of amides is 3. The van der Waals surface area contributed by atoms with Gasteiger partial charge < -0.3 is 15.2 Å². The summed E-state index contributed by atoms with van der Waals surface area (Å²) in [4.78, 5) is 34.0. The van der Waals surface area contributed by atoms with Crippen LogP contribution in [0.5, 0.6) is 0 Å². The van der Waals surface area contributed by atoms with Gasteiger partial charge >= 0.3 is 12.0 Å². The van der Waals surface area contributed by atoms with Gasteiger partial charge in [-0.1, -0.05) is 13.8 Å². The summed E-state index contributed by atoms with van der Waals surface area (Å²) in [5.41, 5.74) is -1.31. The number of carbonyl (C=O) groups is 3. The second-order valence-electron chi connectivity index (χ2n) is 6.23. The van der Waals surface area contributed by atoms with Crippen molar-refractivity contribution in [1.29, 1.82) is 0 Å². The topological polar surface area (TPSA) is 105 Å². The summed E-state index contributed by atoms with van der Waals surface area (Å²) in [5, 5.41) is 13.5. The van der Waals surface area contributed by atoms with E-state index in [-0.39, 0.29) is 12.8 Å². The standard InChI is InChI=1S/C13H24N2O5/c1-12(2,7-10(17)18)6-9(16)14-11(19)15-13(3,4)8-20-5/h6-8H2,1-5H3,(H,17,18)(H2,14,15,16,19). The van der Waals surface area contributed by atoms with Crippen LogP contribution in [0.2, 0.25) is 0 Å². The minimum absolute atomic E-state index is 0.0442. The number of ether oxygens (including phenoxy) is 1. The number of aliphatic carboxylic acids is 1. The molecular formula is C13H24N2O5. The predicted octanol–water partition coefficient (Wildman–Crippen LogP) is 1.13. The summed E-state index contributed by atoms with van der Waals surface area (Å²) in [6.07, 6.45) is -0.186. The highest BCUT2D eigenvalue weighted by atomic mass is 16.5. The van der Waals surface area contributed by atoms with Gasteiger partial charge in [0.05, 0.1) is 18.6 Å². The van der Waals surface area contributed by atoms with Gasteiger partial charge in [-0.25, -0.2) is 4.79 Å². The second-order valence-corrected chi connectivity index (χ2v) is 6.23. The van der Waals surface area contributed by atoms with Crippen molar-refractivity contribution in [1.82, 2.24) is 10.6 Å². The number of methoxy groups -OCH3 is 1. The third kappa shape index (κ3) is 8.47. The molecule has 0 aliphatic carbocycles. The van der Waals surface area contributed by atoms with Crippen molar-refractivity contribution in [3.63, 3.8) is 0 Å². The van der Waals surface area contributed by atoms with E-state index < -0.39 is 28.9 Å². The lowest BCUT2D eigenvalue weighted by Gasteiger charge is -2.26. The number of carbonyl (C=O) groups excluding carboxylic acids is 2. The molecule has 0 spiro atoms. The Hall–Kier alpha value is -1.63. The predicted molar refractivity (Wildman–Crippen MR) is 73.3 cm³/mol. The van der Waals surface area contributed by atoms with Crippen molar-refractivity contribution >= 4 is 17.9 Å². The fraction of sp³-hybridized carbons (Fsp3) is 0.769. The smallest absolute Gasteiger partial charge is 0.321 e. The van der Waals surface area contributed by atoms with Crippen LogP contribution in [0, 0.1) is 5.41 Å². The summed E-state index contributed by atoms with van der Waals surface area (Å²) in [5.74, 6) is -1.49. The molecule has 0 bridgehead atoms. The second kappa shape index (κ2) is 7.23. The van der Waals surface area contributed by atoms with E-state index >= 15 is 0 Å². The Labute approximate surface area is 119 Å². The van der Waals surface area contributed by atoms with Gasteiger partial charge in [-0.2, -0.15) is 0 Å². The first kappa shape index (κ1) is 18.4. The molecule has 0 aromatic rings. The summed E-state index contributed by atoms with van der Waals surface area (Å²) in [7, 11) is 1.51. The fourth-order valence-corrected chi connectivity index (χ4v) is 1.81. The van der Waals surface area contributed by atoms with E-state index in [0.29, 0.717) is 6.61 Å². The molecule has 0 unspecified atom stereocenters. The van der Waals surface area contributed by atoms with Crippen molar-refractivity contribution in [2.75, 3.05) is 13.7 Å². The van der Waals surface area contributed by atoms with E-state index in [2.05, 4.69) is 10.6 Å². The molecule has 0 saturated heterocycles. The van der Waals surface area contributed by atoms with Crippen molar-refractivity contribution in [2.45, 2.75) is 46.1 Å². The Bertz CT molecular complexity index is 377. The molecule has 3 amide bonds. The van der Waals surface area contributed by atoms with E-state index in [4.69, 9.17) is 9.84 Å². The van der Waals surface area contributed by atoms with E-state index in [9.17, 15) is 14.4 Å². The van der Waals surface area contributed by atoms with Crippen LogP contribution >= 0.6 is 0 Å². The van der Waals surface area contributed by atoms with Gasteiger partial charge in [0.1, 0.15) is 0 Å². The molecule has 0 atom stereocenters. The molecule has 20 heavy (non-hydrogen) atoms. The van der Waals surface area contributed by atoms with E-state index in [1.807, 2.05) is 0 Å². The van der Waals surface area contributed by atoms with Gasteiger partial charge in [0, 0.05) is 13.5 Å². The van der Waals surface area contributed by atoms with Crippen LogP contribution in [0.3, 0.4) is 0 Å².